The van der Waals surface area contributed by atoms with E-state index in [-0.39, 0.29) is 17.4 Å². The number of hydrogen-bond donors (Lipinski definition) is 2. The van der Waals surface area contributed by atoms with Crippen molar-refractivity contribution in [1.82, 2.24) is 5.16 Å². The third-order valence-electron chi connectivity index (χ3n) is 3.06. The van der Waals surface area contributed by atoms with Crippen molar-refractivity contribution in [3.8, 4) is 11.5 Å². The first-order valence-corrected chi connectivity index (χ1v) is 6.73. The average molecular weight is 325 g/mol. The third kappa shape index (κ3) is 3.33. The lowest BCUT2D eigenvalue weighted by Crippen LogP contribution is -2.31. The van der Waals surface area contributed by atoms with Gasteiger partial charge in [-0.15, -0.1) is 8.78 Å². The van der Waals surface area contributed by atoms with Crippen LogP contribution < -0.4 is 20.1 Å². The highest BCUT2D eigenvalue weighted by Gasteiger charge is 2.43. The van der Waals surface area contributed by atoms with Gasteiger partial charge in [-0.2, -0.15) is 0 Å². The van der Waals surface area contributed by atoms with Crippen molar-refractivity contribution in [2.75, 3.05) is 10.6 Å². The van der Waals surface area contributed by atoms with E-state index in [9.17, 15) is 13.6 Å². The SMILES string of the molecule is Cc1cc(NC(=O)C(C)Nc2ccc3c(c2)OC(F)(F)O3)no1. The Bertz CT molecular complexity index is 747. The minimum atomic E-state index is -3.67. The van der Waals surface area contributed by atoms with Gasteiger partial charge in [-0.3, -0.25) is 4.79 Å². The van der Waals surface area contributed by atoms with Crippen molar-refractivity contribution in [3.63, 3.8) is 0 Å². The van der Waals surface area contributed by atoms with Gasteiger partial charge in [0.25, 0.3) is 0 Å². The van der Waals surface area contributed by atoms with Gasteiger partial charge in [0, 0.05) is 17.8 Å². The topological polar surface area (TPSA) is 85.6 Å². The summed E-state index contributed by atoms with van der Waals surface area (Å²) in [6.07, 6.45) is -3.67. The van der Waals surface area contributed by atoms with E-state index in [0.29, 0.717) is 17.3 Å². The molecule has 0 aliphatic carbocycles. The number of benzene rings is 1. The van der Waals surface area contributed by atoms with Crippen LogP contribution in [0.3, 0.4) is 0 Å². The van der Waals surface area contributed by atoms with Gasteiger partial charge in [0.2, 0.25) is 5.91 Å². The molecular weight excluding hydrogens is 312 g/mol. The normalized spacial score (nSPS) is 16.0. The molecule has 0 saturated carbocycles. The quantitative estimate of drug-likeness (QED) is 0.899. The van der Waals surface area contributed by atoms with E-state index in [2.05, 4.69) is 25.3 Å². The molecule has 1 unspecified atom stereocenters. The Hall–Kier alpha value is -2.84. The predicted octanol–water partition coefficient (Wildman–Crippen LogP) is 2.74. The number of alkyl halides is 2. The van der Waals surface area contributed by atoms with Gasteiger partial charge in [-0.25, -0.2) is 0 Å². The van der Waals surface area contributed by atoms with Crippen molar-refractivity contribution in [3.05, 3.63) is 30.0 Å². The van der Waals surface area contributed by atoms with Crippen molar-refractivity contribution in [2.24, 2.45) is 0 Å². The molecule has 0 spiro atoms. The summed E-state index contributed by atoms with van der Waals surface area (Å²) in [6, 6.07) is 5.11. The molecule has 1 atom stereocenters. The molecule has 2 N–H and O–H groups in total. The number of nitrogens with one attached hydrogen (secondary N) is 2. The number of anilines is 2. The molecular formula is C14H13F2N3O4. The van der Waals surface area contributed by atoms with E-state index in [1.807, 2.05) is 0 Å². The van der Waals surface area contributed by atoms with Gasteiger partial charge >= 0.3 is 6.29 Å². The van der Waals surface area contributed by atoms with Gasteiger partial charge in [0.1, 0.15) is 11.8 Å². The fraction of sp³-hybridized carbons (Fsp3) is 0.286. The molecule has 2 heterocycles. The second-order valence-electron chi connectivity index (χ2n) is 5.01. The lowest BCUT2D eigenvalue weighted by atomic mass is 10.2. The maximum absolute atomic E-state index is 13.0. The summed E-state index contributed by atoms with van der Waals surface area (Å²) in [5, 5.41) is 9.09. The van der Waals surface area contributed by atoms with E-state index in [1.165, 1.54) is 18.2 Å². The lowest BCUT2D eigenvalue weighted by molar-refractivity contribution is -0.286. The van der Waals surface area contributed by atoms with Gasteiger partial charge in [-0.1, -0.05) is 5.16 Å². The second-order valence-corrected chi connectivity index (χ2v) is 5.01. The third-order valence-corrected chi connectivity index (χ3v) is 3.06. The fourth-order valence-electron chi connectivity index (χ4n) is 2.01. The largest absolute Gasteiger partial charge is 0.586 e. The molecule has 1 aromatic heterocycles. The molecule has 0 radical (unpaired) electrons. The fourth-order valence-corrected chi connectivity index (χ4v) is 2.01. The number of rotatable bonds is 4. The van der Waals surface area contributed by atoms with Crippen LogP contribution in [-0.4, -0.2) is 23.4 Å². The zero-order valence-corrected chi connectivity index (χ0v) is 12.2. The van der Waals surface area contributed by atoms with E-state index in [0.717, 1.165) is 0 Å². The number of amides is 1. The summed E-state index contributed by atoms with van der Waals surface area (Å²) in [5.41, 5.74) is 0.434. The molecule has 3 rings (SSSR count). The Labute approximate surface area is 129 Å². The van der Waals surface area contributed by atoms with E-state index in [1.54, 1.807) is 19.9 Å². The number of halogens is 2. The molecule has 0 fully saturated rings. The Morgan fingerprint density at radius 3 is 2.70 bits per heavy atom. The Balaban J connectivity index is 1.64. The van der Waals surface area contributed by atoms with Crippen LogP contribution in [0.5, 0.6) is 11.5 Å². The van der Waals surface area contributed by atoms with Crippen molar-refractivity contribution >= 4 is 17.4 Å². The highest BCUT2D eigenvalue weighted by molar-refractivity contribution is 5.95. The molecule has 2 aromatic rings. The molecule has 122 valence electrons. The Morgan fingerprint density at radius 1 is 1.26 bits per heavy atom. The molecule has 9 heteroatoms. The summed E-state index contributed by atoms with van der Waals surface area (Å²) in [5.74, 6) is 0.348. The molecule has 1 aromatic carbocycles. The van der Waals surface area contributed by atoms with Crippen molar-refractivity contribution < 1.29 is 27.6 Å². The minimum Gasteiger partial charge on any atom is -0.395 e. The van der Waals surface area contributed by atoms with Crippen LogP contribution in [0.4, 0.5) is 20.3 Å². The average Bonchev–Trinajstić information content (AvgIpc) is 2.99. The maximum Gasteiger partial charge on any atom is 0.586 e. The number of hydrogen-bond acceptors (Lipinski definition) is 6. The molecule has 23 heavy (non-hydrogen) atoms. The second kappa shape index (κ2) is 5.41. The molecule has 0 bridgehead atoms. The minimum absolute atomic E-state index is 0.0595. The smallest absolute Gasteiger partial charge is 0.395 e. The zero-order chi connectivity index (χ0) is 16.6. The summed E-state index contributed by atoms with van der Waals surface area (Å²) in [7, 11) is 0. The summed E-state index contributed by atoms with van der Waals surface area (Å²) < 4.78 is 39.4. The number of carbonyl (C=O) groups excluding carboxylic acids is 1. The number of aryl methyl sites for hydroxylation is 1. The van der Waals surface area contributed by atoms with E-state index in [4.69, 9.17) is 4.52 Å². The van der Waals surface area contributed by atoms with Crippen LogP contribution in [0.15, 0.2) is 28.8 Å². The van der Waals surface area contributed by atoms with Crippen molar-refractivity contribution in [1.29, 1.82) is 0 Å². The number of aromatic nitrogens is 1. The van der Waals surface area contributed by atoms with Crippen LogP contribution in [0, 0.1) is 6.92 Å². The highest BCUT2D eigenvalue weighted by atomic mass is 19.3. The predicted molar refractivity (Wildman–Crippen MR) is 75.6 cm³/mol. The zero-order valence-electron chi connectivity index (χ0n) is 12.2. The number of carbonyl (C=O) groups is 1. The van der Waals surface area contributed by atoms with E-state index >= 15 is 0 Å². The first-order valence-electron chi connectivity index (χ1n) is 6.73. The molecule has 7 nitrogen and oxygen atoms in total. The van der Waals surface area contributed by atoms with Gasteiger partial charge < -0.3 is 24.6 Å². The van der Waals surface area contributed by atoms with Crippen LogP contribution in [0.2, 0.25) is 0 Å². The summed E-state index contributed by atoms with van der Waals surface area (Å²) in [6.45, 7) is 3.31. The molecule has 1 amide bonds. The summed E-state index contributed by atoms with van der Waals surface area (Å²) >= 11 is 0. The van der Waals surface area contributed by atoms with Crippen LogP contribution in [-0.2, 0) is 4.79 Å². The first kappa shape index (κ1) is 15.1. The van der Waals surface area contributed by atoms with Crippen LogP contribution in [0.1, 0.15) is 12.7 Å². The van der Waals surface area contributed by atoms with Gasteiger partial charge in [-0.05, 0) is 26.0 Å². The molecule has 1 aliphatic rings. The number of ether oxygens (including phenoxy) is 2. The van der Waals surface area contributed by atoms with Crippen LogP contribution >= 0.6 is 0 Å². The Morgan fingerprint density at radius 2 is 2.00 bits per heavy atom. The first-order chi connectivity index (χ1) is 10.8. The maximum atomic E-state index is 13.0. The molecule has 1 aliphatic heterocycles. The highest BCUT2D eigenvalue weighted by Crippen LogP contribution is 2.42. The summed E-state index contributed by atoms with van der Waals surface area (Å²) in [4.78, 5) is 12.0. The van der Waals surface area contributed by atoms with Gasteiger partial charge in [0.15, 0.2) is 17.3 Å². The van der Waals surface area contributed by atoms with E-state index < -0.39 is 12.3 Å². The van der Waals surface area contributed by atoms with Crippen molar-refractivity contribution in [2.45, 2.75) is 26.2 Å². The lowest BCUT2D eigenvalue weighted by Gasteiger charge is -2.14. The number of nitrogens with zero attached hydrogens (tertiary/aromatic N) is 1. The van der Waals surface area contributed by atoms with Crippen LogP contribution in [0.25, 0.3) is 0 Å². The number of fused-ring (bicyclic) bond motifs is 1. The standard InChI is InChI=1S/C14H13F2N3O4/c1-7-5-12(19-23-7)18-13(20)8(2)17-9-3-4-10-11(6-9)22-14(15,16)21-10/h3-6,8,17H,1-2H3,(H,18,19,20). The monoisotopic (exact) mass is 325 g/mol. The van der Waals surface area contributed by atoms with Gasteiger partial charge in [0.05, 0.1) is 0 Å². The Kier molecular flexibility index (Phi) is 3.55. The molecule has 0 saturated heterocycles.